The Morgan fingerprint density at radius 1 is 1.19 bits per heavy atom. The first-order valence-electron chi connectivity index (χ1n) is 10.6. The fraction of sp³-hybridized carbons (Fsp3) is 0.522. The average molecular weight is 484 g/mol. The van der Waals surface area contributed by atoms with E-state index in [9.17, 15) is 4.79 Å². The van der Waals surface area contributed by atoms with Crippen LogP contribution in [0.3, 0.4) is 0 Å². The molecule has 1 aromatic heterocycles. The fourth-order valence-corrected chi connectivity index (χ4v) is 4.23. The van der Waals surface area contributed by atoms with Gasteiger partial charge < -0.3 is 20.7 Å². The van der Waals surface area contributed by atoms with E-state index >= 15 is 0 Å². The number of nitrogens with one attached hydrogen (secondary N) is 1. The predicted octanol–water partition coefficient (Wildman–Crippen LogP) is 3.63. The number of amides is 1. The minimum atomic E-state index is -0.539. The number of primary amides is 1. The van der Waals surface area contributed by atoms with E-state index in [1.807, 2.05) is 57.5 Å². The van der Waals surface area contributed by atoms with Gasteiger partial charge in [-0.15, -0.1) is 24.8 Å². The van der Waals surface area contributed by atoms with Gasteiger partial charge in [0.1, 0.15) is 5.75 Å². The van der Waals surface area contributed by atoms with E-state index in [4.69, 9.17) is 10.5 Å². The van der Waals surface area contributed by atoms with Gasteiger partial charge in [0.05, 0.1) is 12.0 Å². The largest absolute Gasteiger partial charge is 0.494 e. The summed E-state index contributed by atoms with van der Waals surface area (Å²) in [6, 6.07) is 6.52. The third kappa shape index (κ3) is 6.24. The summed E-state index contributed by atoms with van der Waals surface area (Å²) in [4.78, 5) is 23.2. The monoisotopic (exact) mass is 483 g/mol. The summed E-state index contributed by atoms with van der Waals surface area (Å²) in [5.74, 6) is 1.26. The standard InChI is InChI=1S/C23H33N5O2.2ClH/c1-5-30-20-7-6-16(18-14-26-22(27-15-18)28(3)4)12-17(20)13-23(21(24)29)10-8-19(25-2)9-11-23;;/h6-7,12,14-15,19,25H,5,8-11,13H2,1-4H3,(H2,24,29);2*1H. The molecule has 2 aromatic rings. The molecule has 1 aromatic carbocycles. The topological polar surface area (TPSA) is 93.4 Å². The number of halogens is 2. The number of carbonyl (C=O) groups is 1. The highest BCUT2D eigenvalue weighted by molar-refractivity contribution is 5.85. The Morgan fingerprint density at radius 3 is 2.31 bits per heavy atom. The molecule has 0 atom stereocenters. The number of aromatic nitrogens is 2. The molecule has 1 saturated carbocycles. The Bertz CT molecular complexity index is 869. The Kier molecular flexibility index (Phi) is 10.7. The van der Waals surface area contributed by atoms with Gasteiger partial charge in [0.15, 0.2) is 0 Å². The highest BCUT2D eigenvalue weighted by Gasteiger charge is 2.40. The molecule has 0 saturated heterocycles. The van der Waals surface area contributed by atoms with Gasteiger partial charge in [-0.05, 0) is 69.3 Å². The molecule has 178 valence electrons. The van der Waals surface area contributed by atoms with E-state index in [0.717, 1.165) is 48.1 Å². The number of nitrogens with zero attached hydrogens (tertiary/aromatic N) is 3. The van der Waals surface area contributed by atoms with Crippen LogP contribution >= 0.6 is 24.8 Å². The Balaban J connectivity index is 0.00000256. The van der Waals surface area contributed by atoms with Crippen molar-refractivity contribution in [2.24, 2.45) is 11.1 Å². The maximum Gasteiger partial charge on any atom is 0.224 e. The molecule has 1 heterocycles. The van der Waals surface area contributed by atoms with Crippen molar-refractivity contribution in [3.63, 3.8) is 0 Å². The van der Waals surface area contributed by atoms with Gasteiger partial charge in [0.25, 0.3) is 0 Å². The van der Waals surface area contributed by atoms with Crippen molar-refractivity contribution in [1.29, 1.82) is 0 Å². The molecule has 9 heteroatoms. The molecule has 1 amide bonds. The molecule has 32 heavy (non-hydrogen) atoms. The zero-order valence-corrected chi connectivity index (χ0v) is 20.9. The van der Waals surface area contributed by atoms with Crippen LogP contribution in [0, 0.1) is 5.41 Å². The lowest BCUT2D eigenvalue weighted by atomic mass is 9.68. The molecule has 0 aliphatic heterocycles. The predicted molar refractivity (Wildman–Crippen MR) is 134 cm³/mol. The normalized spacial score (nSPS) is 19.9. The number of hydrogen-bond acceptors (Lipinski definition) is 6. The van der Waals surface area contributed by atoms with Gasteiger partial charge in [0, 0.05) is 38.1 Å². The van der Waals surface area contributed by atoms with Gasteiger partial charge in [-0.3, -0.25) is 4.79 Å². The zero-order chi connectivity index (χ0) is 21.7. The number of rotatable bonds is 8. The van der Waals surface area contributed by atoms with Crippen LogP contribution in [0.25, 0.3) is 11.1 Å². The van der Waals surface area contributed by atoms with Crippen LogP contribution in [0.1, 0.15) is 38.2 Å². The van der Waals surface area contributed by atoms with Crippen molar-refractivity contribution in [1.82, 2.24) is 15.3 Å². The molecular weight excluding hydrogens is 449 g/mol. The first kappa shape index (κ1) is 27.9. The summed E-state index contributed by atoms with van der Waals surface area (Å²) in [7, 11) is 5.80. The smallest absolute Gasteiger partial charge is 0.224 e. The number of carbonyl (C=O) groups excluding carboxylic acids is 1. The van der Waals surface area contributed by atoms with Crippen LogP contribution in [0.4, 0.5) is 5.95 Å². The minimum absolute atomic E-state index is 0. The molecule has 3 N–H and O–H groups in total. The molecule has 7 nitrogen and oxygen atoms in total. The lowest BCUT2D eigenvalue weighted by Crippen LogP contribution is -2.45. The molecule has 0 bridgehead atoms. The third-order valence-electron chi connectivity index (χ3n) is 6.13. The van der Waals surface area contributed by atoms with Crippen molar-refractivity contribution in [2.75, 3.05) is 32.6 Å². The average Bonchev–Trinajstić information content (AvgIpc) is 2.75. The molecule has 1 aliphatic rings. The van der Waals surface area contributed by atoms with Gasteiger partial charge in [0.2, 0.25) is 11.9 Å². The second-order valence-electron chi connectivity index (χ2n) is 8.31. The van der Waals surface area contributed by atoms with Gasteiger partial charge in [-0.25, -0.2) is 9.97 Å². The molecule has 1 fully saturated rings. The number of benzene rings is 1. The maximum absolute atomic E-state index is 12.5. The van der Waals surface area contributed by atoms with Crippen LogP contribution in [0.15, 0.2) is 30.6 Å². The Labute approximate surface area is 203 Å². The van der Waals surface area contributed by atoms with Crippen molar-refractivity contribution in [3.05, 3.63) is 36.2 Å². The van der Waals surface area contributed by atoms with Crippen molar-refractivity contribution >= 4 is 36.7 Å². The van der Waals surface area contributed by atoms with Crippen LogP contribution in [-0.4, -0.2) is 49.7 Å². The summed E-state index contributed by atoms with van der Waals surface area (Å²) in [5, 5.41) is 3.33. The lowest BCUT2D eigenvalue weighted by Gasteiger charge is -2.38. The third-order valence-corrected chi connectivity index (χ3v) is 6.13. The number of hydrogen-bond donors (Lipinski definition) is 2. The molecule has 0 spiro atoms. The SMILES string of the molecule is CCOc1ccc(-c2cnc(N(C)C)nc2)cc1CC1(C(N)=O)CCC(NC)CC1.Cl.Cl. The second-order valence-corrected chi connectivity index (χ2v) is 8.31. The van der Waals surface area contributed by atoms with Crippen LogP contribution in [0.5, 0.6) is 5.75 Å². The molecular formula is C23H35Cl2N5O2. The van der Waals surface area contributed by atoms with Crippen LogP contribution in [0.2, 0.25) is 0 Å². The molecule has 1 aliphatic carbocycles. The maximum atomic E-state index is 12.5. The van der Waals surface area contributed by atoms with Gasteiger partial charge in [-0.1, -0.05) is 6.07 Å². The van der Waals surface area contributed by atoms with Crippen LogP contribution < -0.4 is 20.7 Å². The number of ether oxygens (including phenoxy) is 1. The van der Waals surface area contributed by atoms with Crippen molar-refractivity contribution in [3.8, 4) is 16.9 Å². The number of nitrogens with two attached hydrogens (primary N) is 1. The number of anilines is 1. The summed E-state index contributed by atoms with van der Waals surface area (Å²) in [6.45, 7) is 2.53. The quantitative estimate of drug-likeness (QED) is 0.595. The Hall–Kier alpha value is -2.09. The van der Waals surface area contributed by atoms with E-state index in [2.05, 4.69) is 21.4 Å². The van der Waals surface area contributed by atoms with E-state index < -0.39 is 5.41 Å². The summed E-state index contributed by atoms with van der Waals surface area (Å²) in [5.41, 5.74) is 8.33. The minimum Gasteiger partial charge on any atom is -0.494 e. The van der Waals surface area contributed by atoms with E-state index in [1.165, 1.54) is 0 Å². The second kappa shape index (κ2) is 12.2. The Morgan fingerprint density at radius 2 is 1.81 bits per heavy atom. The van der Waals surface area contributed by atoms with Crippen LogP contribution in [-0.2, 0) is 11.2 Å². The van der Waals surface area contributed by atoms with Crippen molar-refractivity contribution < 1.29 is 9.53 Å². The van der Waals surface area contributed by atoms with E-state index in [-0.39, 0.29) is 30.7 Å². The van der Waals surface area contributed by atoms with Crippen molar-refractivity contribution in [2.45, 2.75) is 45.1 Å². The molecule has 3 rings (SSSR count). The lowest BCUT2D eigenvalue weighted by molar-refractivity contribution is -0.129. The molecule has 0 radical (unpaired) electrons. The van der Waals surface area contributed by atoms with E-state index in [1.54, 1.807) is 0 Å². The van der Waals surface area contributed by atoms with Gasteiger partial charge in [-0.2, -0.15) is 0 Å². The summed E-state index contributed by atoms with van der Waals surface area (Å²) < 4.78 is 5.88. The first-order valence-corrected chi connectivity index (χ1v) is 10.6. The highest BCUT2D eigenvalue weighted by atomic mass is 35.5. The fourth-order valence-electron chi connectivity index (χ4n) is 4.23. The molecule has 0 unspecified atom stereocenters. The van der Waals surface area contributed by atoms with Gasteiger partial charge >= 0.3 is 0 Å². The highest BCUT2D eigenvalue weighted by Crippen LogP contribution is 2.41. The first-order chi connectivity index (χ1) is 14.4. The summed E-state index contributed by atoms with van der Waals surface area (Å²) >= 11 is 0. The zero-order valence-electron chi connectivity index (χ0n) is 19.3. The summed E-state index contributed by atoms with van der Waals surface area (Å²) in [6.07, 6.45) is 7.69. The van der Waals surface area contributed by atoms with E-state index in [0.29, 0.717) is 25.0 Å².